The molecule has 0 aromatic heterocycles. The third kappa shape index (κ3) is 4.50. The van der Waals surface area contributed by atoms with Crippen LogP contribution < -0.4 is 5.32 Å². The zero-order valence-electron chi connectivity index (χ0n) is 15.7. The van der Waals surface area contributed by atoms with E-state index in [0.717, 1.165) is 11.1 Å². The molecule has 0 fully saturated rings. The Morgan fingerprint density at radius 3 is 1.83 bits per heavy atom. The zero-order chi connectivity index (χ0) is 21.7. The standard InChI is InChI=1S/C23H18ClNO5/c24-19-12-10-18(11-13-19)20(26)25-23(21(27)28,22(29)30)14-15-6-8-17(9-7-15)16-4-2-1-3-5-16/h1-13H,14H2,(H,25,26)(H,27,28)(H,29,30). The first-order valence-electron chi connectivity index (χ1n) is 9.01. The average Bonchev–Trinajstić information content (AvgIpc) is 2.74. The van der Waals surface area contributed by atoms with Gasteiger partial charge in [0, 0.05) is 17.0 Å². The van der Waals surface area contributed by atoms with E-state index in [4.69, 9.17) is 11.6 Å². The van der Waals surface area contributed by atoms with Gasteiger partial charge in [0.25, 0.3) is 5.91 Å². The number of benzene rings is 3. The zero-order valence-corrected chi connectivity index (χ0v) is 16.5. The molecular weight excluding hydrogens is 406 g/mol. The number of carboxylic acids is 2. The van der Waals surface area contributed by atoms with E-state index in [1.54, 1.807) is 24.3 Å². The number of halogens is 1. The molecule has 3 rings (SSSR count). The lowest BCUT2D eigenvalue weighted by Gasteiger charge is -2.26. The summed E-state index contributed by atoms with van der Waals surface area (Å²) in [5.74, 6) is -4.15. The highest BCUT2D eigenvalue weighted by atomic mass is 35.5. The van der Waals surface area contributed by atoms with Crippen LogP contribution in [0.15, 0.2) is 78.9 Å². The largest absolute Gasteiger partial charge is 0.479 e. The molecular formula is C23H18ClNO5. The Balaban J connectivity index is 1.88. The van der Waals surface area contributed by atoms with Crippen LogP contribution in [0, 0.1) is 0 Å². The van der Waals surface area contributed by atoms with Gasteiger partial charge in [0.05, 0.1) is 0 Å². The van der Waals surface area contributed by atoms with Gasteiger partial charge in [0.2, 0.25) is 5.54 Å². The lowest BCUT2D eigenvalue weighted by Crippen LogP contribution is -2.61. The predicted octanol–water partition coefficient (Wildman–Crippen LogP) is 3.89. The minimum atomic E-state index is -2.52. The van der Waals surface area contributed by atoms with E-state index >= 15 is 0 Å². The minimum Gasteiger partial charge on any atom is -0.479 e. The van der Waals surface area contributed by atoms with Crippen molar-refractivity contribution in [1.82, 2.24) is 5.32 Å². The molecule has 3 aromatic rings. The molecule has 0 aliphatic rings. The van der Waals surface area contributed by atoms with E-state index < -0.39 is 29.8 Å². The summed E-state index contributed by atoms with van der Waals surface area (Å²) >= 11 is 5.79. The first kappa shape index (κ1) is 21.1. The normalized spacial score (nSPS) is 11.0. The minimum absolute atomic E-state index is 0.103. The van der Waals surface area contributed by atoms with Crippen molar-refractivity contribution >= 4 is 29.4 Å². The molecule has 30 heavy (non-hydrogen) atoms. The van der Waals surface area contributed by atoms with Gasteiger partial charge < -0.3 is 15.5 Å². The molecule has 0 aliphatic heterocycles. The van der Waals surface area contributed by atoms with Crippen molar-refractivity contribution in [2.24, 2.45) is 0 Å². The highest BCUT2D eigenvalue weighted by Crippen LogP contribution is 2.22. The number of hydrogen-bond donors (Lipinski definition) is 3. The quantitative estimate of drug-likeness (QED) is 0.500. The molecule has 0 atom stereocenters. The fraction of sp³-hybridized carbons (Fsp3) is 0.0870. The lowest BCUT2D eigenvalue weighted by molar-refractivity contribution is -0.158. The first-order chi connectivity index (χ1) is 14.3. The van der Waals surface area contributed by atoms with E-state index in [-0.39, 0.29) is 5.56 Å². The number of rotatable bonds is 7. The van der Waals surface area contributed by atoms with Crippen molar-refractivity contribution in [2.75, 3.05) is 0 Å². The van der Waals surface area contributed by atoms with Gasteiger partial charge in [-0.1, -0.05) is 66.2 Å². The third-order valence-electron chi connectivity index (χ3n) is 4.69. The third-order valence-corrected chi connectivity index (χ3v) is 4.95. The van der Waals surface area contributed by atoms with Crippen molar-refractivity contribution in [1.29, 1.82) is 0 Å². The van der Waals surface area contributed by atoms with Gasteiger partial charge in [-0.2, -0.15) is 0 Å². The summed E-state index contributed by atoms with van der Waals surface area (Å²) in [5.41, 5.74) is -0.0875. The molecule has 0 radical (unpaired) electrons. The number of hydrogen-bond acceptors (Lipinski definition) is 3. The summed E-state index contributed by atoms with van der Waals surface area (Å²) in [6.45, 7) is 0. The van der Waals surface area contributed by atoms with Crippen LogP contribution in [0.4, 0.5) is 0 Å². The van der Waals surface area contributed by atoms with Gasteiger partial charge in [-0.05, 0) is 41.0 Å². The van der Waals surface area contributed by atoms with Crippen LogP contribution in [0.2, 0.25) is 5.02 Å². The Morgan fingerprint density at radius 1 is 0.767 bits per heavy atom. The van der Waals surface area contributed by atoms with Crippen LogP contribution in [0.5, 0.6) is 0 Å². The van der Waals surface area contributed by atoms with Gasteiger partial charge in [-0.3, -0.25) is 4.79 Å². The Bertz CT molecular complexity index is 1050. The molecule has 0 aliphatic carbocycles. The summed E-state index contributed by atoms with van der Waals surface area (Å²) in [7, 11) is 0. The number of carbonyl (C=O) groups excluding carboxylic acids is 1. The van der Waals surface area contributed by atoms with Crippen LogP contribution in [-0.2, 0) is 16.0 Å². The molecule has 1 amide bonds. The van der Waals surface area contributed by atoms with Crippen LogP contribution in [-0.4, -0.2) is 33.6 Å². The van der Waals surface area contributed by atoms with E-state index in [1.165, 1.54) is 24.3 Å². The fourth-order valence-electron chi connectivity index (χ4n) is 3.01. The monoisotopic (exact) mass is 423 g/mol. The van der Waals surface area contributed by atoms with E-state index in [1.807, 2.05) is 30.3 Å². The van der Waals surface area contributed by atoms with E-state index in [0.29, 0.717) is 10.6 Å². The highest BCUT2D eigenvalue weighted by molar-refractivity contribution is 6.30. The molecule has 152 valence electrons. The van der Waals surface area contributed by atoms with Crippen LogP contribution in [0.25, 0.3) is 11.1 Å². The molecule has 3 N–H and O–H groups in total. The fourth-order valence-corrected chi connectivity index (χ4v) is 3.14. The number of aliphatic carboxylic acids is 2. The SMILES string of the molecule is O=C(NC(Cc1ccc(-c2ccccc2)cc1)(C(=O)O)C(=O)O)c1ccc(Cl)cc1. The Morgan fingerprint density at radius 2 is 1.30 bits per heavy atom. The summed E-state index contributed by atoms with van der Waals surface area (Å²) in [5, 5.41) is 22.0. The number of carbonyl (C=O) groups is 3. The predicted molar refractivity (Wildman–Crippen MR) is 113 cm³/mol. The molecule has 6 nitrogen and oxygen atoms in total. The van der Waals surface area contributed by atoms with Gasteiger partial charge in [-0.25, -0.2) is 9.59 Å². The van der Waals surface area contributed by atoms with Gasteiger partial charge in [0.15, 0.2) is 0 Å². The summed E-state index contributed by atoms with van der Waals surface area (Å²) < 4.78 is 0. The van der Waals surface area contributed by atoms with Crippen molar-refractivity contribution in [3.05, 3.63) is 95.0 Å². The smallest absolute Gasteiger partial charge is 0.341 e. The molecule has 0 saturated carbocycles. The topological polar surface area (TPSA) is 104 Å². The Kier molecular flexibility index (Phi) is 6.18. The van der Waals surface area contributed by atoms with Crippen molar-refractivity contribution in [2.45, 2.75) is 12.0 Å². The van der Waals surface area contributed by atoms with Crippen molar-refractivity contribution < 1.29 is 24.6 Å². The first-order valence-corrected chi connectivity index (χ1v) is 9.39. The van der Waals surface area contributed by atoms with Crippen molar-refractivity contribution in [3.63, 3.8) is 0 Å². The number of amides is 1. The second kappa shape index (κ2) is 8.80. The lowest BCUT2D eigenvalue weighted by atomic mass is 9.89. The highest BCUT2D eigenvalue weighted by Gasteiger charge is 2.48. The van der Waals surface area contributed by atoms with Crippen LogP contribution in [0.3, 0.4) is 0 Å². The van der Waals surface area contributed by atoms with Crippen LogP contribution >= 0.6 is 11.6 Å². The average molecular weight is 424 g/mol. The van der Waals surface area contributed by atoms with Gasteiger partial charge in [-0.15, -0.1) is 0 Å². The molecule has 0 saturated heterocycles. The maximum atomic E-state index is 12.5. The summed E-state index contributed by atoms with van der Waals surface area (Å²) in [4.78, 5) is 36.4. The molecule has 0 bridgehead atoms. The molecule has 0 unspecified atom stereocenters. The maximum absolute atomic E-state index is 12.5. The van der Waals surface area contributed by atoms with E-state index in [2.05, 4.69) is 5.32 Å². The van der Waals surface area contributed by atoms with Crippen LogP contribution in [0.1, 0.15) is 15.9 Å². The molecule has 0 spiro atoms. The van der Waals surface area contributed by atoms with Crippen molar-refractivity contribution in [3.8, 4) is 11.1 Å². The Labute approximate surface area is 177 Å². The number of nitrogens with one attached hydrogen (secondary N) is 1. The maximum Gasteiger partial charge on any atom is 0.341 e. The number of carboxylic acid groups (broad SMARTS) is 2. The second-order valence-corrected chi connectivity index (χ2v) is 7.15. The molecule has 7 heteroatoms. The van der Waals surface area contributed by atoms with Gasteiger partial charge >= 0.3 is 11.9 Å². The second-order valence-electron chi connectivity index (χ2n) is 6.72. The molecule has 3 aromatic carbocycles. The van der Waals surface area contributed by atoms with Gasteiger partial charge in [0.1, 0.15) is 0 Å². The summed E-state index contributed by atoms with van der Waals surface area (Å²) in [6, 6.07) is 22.1. The van der Waals surface area contributed by atoms with E-state index in [9.17, 15) is 24.6 Å². The summed E-state index contributed by atoms with van der Waals surface area (Å²) in [6.07, 6.45) is -0.425. The Hall–Kier alpha value is -3.64. The molecule has 0 heterocycles.